The quantitative estimate of drug-likeness (QED) is 0.606. The molecule has 1 aromatic carbocycles. The van der Waals surface area contributed by atoms with Crippen LogP contribution >= 0.6 is 12.4 Å². The lowest BCUT2D eigenvalue weighted by Gasteiger charge is -2.26. The van der Waals surface area contributed by atoms with Crippen molar-refractivity contribution >= 4 is 18.4 Å². The molecule has 0 aliphatic carbocycles. The number of hydrogen-bond acceptors (Lipinski definition) is 4. The zero-order chi connectivity index (χ0) is 16.1. The van der Waals surface area contributed by atoms with Crippen molar-refractivity contribution in [3.05, 3.63) is 29.3 Å². The highest BCUT2D eigenvalue weighted by atomic mass is 35.5. The van der Waals surface area contributed by atoms with Crippen LogP contribution in [-0.4, -0.2) is 43.7 Å². The Bertz CT molecular complexity index is 485. The summed E-state index contributed by atoms with van der Waals surface area (Å²) in [6.45, 7) is 11.8. The number of ether oxygens (including phenoxy) is 2. The Balaban J connectivity index is 0.00000264. The van der Waals surface area contributed by atoms with Crippen molar-refractivity contribution in [1.82, 2.24) is 4.90 Å². The minimum Gasteiger partial charge on any atom is -0.425 e. The highest BCUT2D eigenvalue weighted by molar-refractivity contribution is 5.85. The van der Waals surface area contributed by atoms with E-state index in [1.54, 1.807) is 0 Å². The molecule has 0 unspecified atom stereocenters. The van der Waals surface area contributed by atoms with Gasteiger partial charge in [-0.25, -0.2) is 0 Å². The molecule has 2 rings (SSSR count). The molecule has 0 bridgehead atoms. The standard InChI is InChI=1S/C18H27NO3.ClH/c1-13(2)15-6-5-7-16(14(3)4)18(15)22-17(20)12-19-8-10-21-11-9-19;/h5-7,13-14H,8-12H2,1-4H3;1H. The summed E-state index contributed by atoms with van der Waals surface area (Å²) >= 11 is 0. The van der Waals surface area contributed by atoms with Crippen LogP contribution in [0.4, 0.5) is 0 Å². The van der Waals surface area contributed by atoms with Crippen LogP contribution in [0.3, 0.4) is 0 Å². The van der Waals surface area contributed by atoms with E-state index in [4.69, 9.17) is 9.47 Å². The summed E-state index contributed by atoms with van der Waals surface area (Å²) in [4.78, 5) is 14.4. The molecule has 0 amide bonds. The molecule has 0 atom stereocenters. The highest BCUT2D eigenvalue weighted by Gasteiger charge is 2.20. The summed E-state index contributed by atoms with van der Waals surface area (Å²) in [7, 11) is 0. The molecule has 0 spiro atoms. The van der Waals surface area contributed by atoms with E-state index in [0.29, 0.717) is 31.6 Å². The van der Waals surface area contributed by atoms with Crippen LogP contribution in [0, 0.1) is 0 Å². The van der Waals surface area contributed by atoms with Gasteiger partial charge in [0.05, 0.1) is 19.8 Å². The Labute approximate surface area is 145 Å². The van der Waals surface area contributed by atoms with E-state index in [1.165, 1.54) is 0 Å². The Morgan fingerprint density at radius 3 is 2.13 bits per heavy atom. The van der Waals surface area contributed by atoms with E-state index < -0.39 is 0 Å². The zero-order valence-electron chi connectivity index (χ0n) is 14.5. The second-order valence-electron chi connectivity index (χ2n) is 6.44. The molecule has 1 saturated heterocycles. The maximum Gasteiger partial charge on any atom is 0.325 e. The predicted molar refractivity (Wildman–Crippen MR) is 94.8 cm³/mol. The number of esters is 1. The monoisotopic (exact) mass is 341 g/mol. The van der Waals surface area contributed by atoms with Gasteiger partial charge in [-0.15, -0.1) is 12.4 Å². The fourth-order valence-electron chi connectivity index (χ4n) is 2.69. The fraction of sp³-hybridized carbons (Fsp3) is 0.611. The first-order chi connectivity index (χ1) is 10.5. The van der Waals surface area contributed by atoms with Gasteiger partial charge in [0, 0.05) is 13.1 Å². The molecule has 0 N–H and O–H groups in total. The fourth-order valence-corrected chi connectivity index (χ4v) is 2.69. The first-order valence-corrected chi connectivity index (χ1v) is 8.12. The zero-order valence-corrected chi connectivity index (χ0v) is 15.3. The summed E-state index contributed by atoms with van der Waals surface area (Å²) in [5.41, 5.74) is 2.20. The second-order valence-corrected chi connectivity index (χ2v) is 6.44. The minimum atomic E-state index is -0.183. The normalized spacial score (nSPS) is 15.6. The van der Waals surface area contributed by atoms with Crippen LogP contribution in [-0.2, 0) is 9.53 Å². The van der Waals surface area contributed by atoms with Gasteiger partial charge in [0.25, 0.3) is 0 Å². The Hall–Kier alpha value is -1.10. The van der Waals surface area contributed by atoms with Crippen LogP contribution in [0.5, 0.6) is 5.75 Å². The van der Waals surface area contributed by atoms with Crippen molar-refractivity contribution in [1.29, 1.82) is 0 Å². The summed E-state index contributed by atoms with van der Waals surface area (Å²) in [5, 5.41) is 0. The molecule has 0 saturated carbocycles. The molecule has 1 heterocycles. The van der Waals surface area contributed by atoms with Gasteiger partial charge in [0.2, 0.25) is 0 Å². The van der Waals surface area contributed by atoms with Crippen LogP contribution < -0.4 is 4.74 Å². The molecule has 5 heteroatoms. The van der Waals surface area contributed by atoms with Crippen molar-refractivity contribution in [3.63, 3.8) is 0 Å². The summed E-state index contributed by atoms with van der Waals surface area (Å²) in [6, 6.07) is 6.14. The number of halogens is 1. The minimum absolute atomic E-state index is 0. The third-order valence-corrected chi connectivity index (χ3v) is 3.99. The van der Waals surface area contributed by atoms with Gasteiger partial charge >= 0.3 is 5.97 Å². The van der Waals surface area contributed by atoms with E-state index in [1.807, 2.05) is 18.2 Å². The summed E-state index contributed by atoms with van der Waals surface area (Å²) in [6.07, 6.45) is 0. The van der Waals surface area contributed by atoms with Crippen molar-refractivity contribution in [2.24, 2.45) is 0 Å². The van der Waals surface area contributed by atoms with Crippen LogP contribution in [0.15, 0.2) is 18.2 Å². The smallest absolute Gasteiger partial charge is 0.325 e. The molecule has 1 fully saturated rings. The van der Waals surface area contributed by atoms with Crippen LogP contribution in [0.2, 0.25) is 0 Å². The third kappa shape index (κ3) is 5.48. The number of hydrogen-bond donors (Lipinski definition) is 0. The Kier molecular flexibility index (Phi) is 8.03. The maximum absolute atomic E-state index is 12.3. The van der Waals surface area contributed by atoms with E-state index in [0.717, 1.165) is 30.0 Å². The van der Waals surface area contributed by atoms with Crippen LogP contribution in [0.1, 0.15) is 50.7 Å². The van der Waals surface area contributed by atoms with Gasteiger partial charge < -0.3 is 9.47 Å². The highest BCUT2D eigenvalue weighted by Crippen LogP contribution is 2.34. The SMILES string of the molecule is CC(C)c1cccc(C(C)C)c1OC(=O)CN1CCOCC1.Cl. The summed E-state index contributed by atoms with van der Waals surface area (Å²) < 4.78 is 11.1. The average molecular weight is 342 g/mol. The summed E-state index contributed by atoms with van der Waals surface area (Å²) in [5.74, 6) is 1.22. The first-order valence-electron chi connectivity index (χ1n) is 8.12. The van der Waals surface area contributed by atoms with Gasteiger partial charge in [-0.3, -0.25) is 9.69 Å². The van der Waals surface area contributed by atoms with Gasteiger partial charge in [0.15, 0.2) is 0 Å². The van der Waals surface area contributed by atoms with E-state index in [9.17, 15) is 4.79 Å². The lowest BCUT2D eigenvalue weighted by Crippen LogP contribution is -2.40. The molecule has 0 aromatic heterocycles. The lowest BCUT2D eigenvalue weighted by atomic mass is 9.94. The molecule has 1 aromatic rings. The van der Waals surface area contributed by atoms with Gasteiger partial charge in [-0.2, -0.15) is 0 Å². The molecule has 1 aliphatic heterocycles. The van der Waals surface area contributed by atoms with E-state index in [2.05, 4.69) is 32.6 Å². The Morgan fingerprint density at radius 1 is 1.13 bits per heavy atom. The molecule has 130 valence electrons. The predicted octanol–water partition coefficient (Wildman–Crippen LogP) is 3.59. The number of para-hydroxylation sites is 1. The second kappa shape index (κ2) is 9.26. The number of carbonyl (C=O) groups is 1. The number of morpholine rings is 1. The van der Waals surface area contributed by atoms with Crippen LogP contribution in [0.25, 0.3) is 0 Å². The van der Waals surface area contributed by atoms with Crippen molar-refractivity contribution in [3.8, 4) is 5.75 Å². The third-order valence-electron chi connectivity index (χ3n) is 3.99. The topological polar surface area (TPSA) is 38.8 Å². The van der Waals surface area contributed by atoms with E-state index >= 15 is 0 Å². The number of rotatable bonds is 5. The molecule has 4 nitrogen and oxygen atoms in total. The van der Waals surface area contributed by atoms with Gasteiger partial charge in [-0.1, -0.05) is 45.9 Å². The number of carbonyl (C=O) groups excluding carboxylic acids is 1. The van der Waals surface area contributed by atoms with E-state index in [-0.39, 0.29) is 18.4 Å². The number of benzene rings is 1. The molecule has 1 aliphatic rings. The van der Waals surface area contributed by atoms with Crippen molar-refractivity contribution in [2.45, 2.75) is 39.5 Å². The lowest BCUT2D eigenvalue weighted by molar-refractivity contribution is -0.136. The molecule has 23 heavy (non-hydrogen) atoms. The Morgan fingerprint density at radius 2 is 1.65 bits per heavy atom. The maximum atomic E-state index is 12.3. The van der Waals surface area contributed by atoms with Crippen molar-refractivity contribution in [2.75, 3.05) is 32.8 Å². The average Bonchev–Trinajstić information content (AvgIpc) is 2.47. The van der Waals surface area contributed by atoms with Gasteiger partial charge in [0.1, 0.15) is 5.75 Å². The number of nitrogens with zero attached hydrogens (tertiary/aromatic N) is 1. The van der Waals surface area contributed by atoms with Gasteiger partial charge in [-0.05, 0) is 23.0 Å². The molecule has 0 radical (unpaired) electrons. The molecular formula is C18H28ClNO3. The van der Waals surface area contributed by atoms with Crippen molar-refractivity contribution < 1.29 is 14.3 Å². The molecular weight excluding hydrogens is 314 g/mol. The first kappa shape index (κ1) is 19.9. The largest absolute Gasteiger partial charge is 0.425 e.